The first-order valence-corrected chi connectivity index (χ1v) is 9.32. The molecular formula is C21H21ClN2O2. The lowest BCUT2D eigenvalue weighted by atomic mass is 9.76. The Morgan fingerprint density at radius 2 is 2.08 bits per heavy atom. The third kappa shape index (κ3) is 3.04. The second kappa shape index (κ2) is 7.22. The number of benzene rings is 1. The van der Waals surface area contributed by atoms with E-state index in [0.717, 1.165) is 48.3 Å². The first kappa shape index (κ1) is 17.3. The maximum Gasteiger partial charge on any atom is 0.338 e. The van der Waals surface area contributed by atoms with E-state index in [-0.39, 0.29) is 11.9 Å². The molecule has 1 saturated heterocycles. The highest BCUT2D eigenvalue weighted by molar-refractivity contribution is 6.31. The molecule has 1 N–H and O–H groups in total. The van der Waals surface area contributed by atoms with Crippen LogP contribution in [0.1, 0.15) is 41.1 Å². The van der Waals surface area contributed by atoms with Crippen LogP contribution in [0.4, 0.5) is 0 Å². The molecule has 4 rings (SSSR count). The molecule has 0 bridgehead atoms. The lowest BCUT2D eigenvalue weighted by molar-refractivity contribution is -0.133. The second-order valence-corrected chi connectivity index (χ2v) is 7.26. The summed E-state index contributed by atoms with van der Waals surface area (Å²) in [4.78, 5) is 17.2. The third-order valence-corrected chi connectivity index (χ3v) is 5.60. The van der Waals surface area contributed by atoms with E-state index in [0.29, 0.717) is 16.5 Å². The highest BCUT2D eigenvalue weighted by Gasteiger charge is 2.34. The Bertz CT molecular complexity index is 872. The average Bonchev–Trinajstić information content (AvgIpc) is 2.82. The van der Waals surface area contributed by atoms with Gasteiger partial charge in [0, 0.05) is 17.1 Å². The summed E-state index contributed by atoms with van der Waals surface area (Å²) in [5.41, 5.74) is 4.50. The molecule has 0 spiro atoms. The lowest BCUT2D eigenvalue weighted by Crippen LogP contribution is -2.32. The first-order chi connectivity index (χ1) is 12.7. The number of hydrogen-bond donors (Lipinski definition) is 1. The molecular weight excluding hydrogens is 348 g/mol. The summed E-state index contributed by atoms with van der Waals surface area (Å²) in [5, 5.41) is 4.05. The van der Waals surface area contributed by atoms with Gasteiger partial charge in [-0.25, -0.2) is 4.79 Å². The summed E-state index contributed by atoms with van der Waals surface area (Å²) in [7, 11) is 1.41. The number of aromatic nitrogens is 1. The van der Waals surface area contributed by atoms with Crippen LogP contribution in [-0.4, -0.2) is 31.2 Å². The second-order valence-electron chi connectivity index (χ2n) is 6.82. The molecule has 1 atom stereocenters. The van der Waals surface area contributed by atoms with Crippen molar-refractivity contribution in [3.8, 4) is 0 Å². The molecule has 1 aliphatic carbocycles. The van der Waals surface area contributed by atoms with Gasteiger partial charge >= 0.3 is 5.97 Å². The first-order valence-electron chi connectivity index (χ1n) is 8.94. The van der Waals surface area contributed by atoms with Gasteiger partial charge in [-0.05, 0) is 72.8 Å². The molecule has 1 fully saturated rings. The predicted molar refractivity (Wildman–Crippen MR) is 103 cm³/mol. The van der Waals surface area contributed by atoms with E-state index >= 15 is 0 Å². The molecule has 2 aliphatic rings. The van der Waals surface area contributed by atoms with Crippen LogP contribution in [0.15, 0.2) is 36.5 Å². The fourth-order valence-electron chi connectivity index (χ4n) is 4.16. The van der Waals surface area contributed by atoms with Crippen molar-refractivity contribution in [2.45, 2.75) is 18.8 Å². The Kier molecular flexibility index (Phi) is 4.79. The zero-order chi connectivity index (χ0) is 18.1. The molecule has 1 unspecified atom stereocenters. The molecule has 5 heteroatoms. The van der Waals surface area contributed by atoms with Crippen molar-refractivity contribution in [1.82, 2.24) is 10.3 Å². The van der Waals surface area contributed by atoms with Crippen molar-refractivity contribution >= 4 is 29.2 Å². The Morgan fingerprint density at radius 1 is 1.27 bits per heavy atom. The van der Waals surface area contributed by atoms with Crippen molar-refractivity contribution in [2.75, 3.05) is 20.2 Å². The minimum atomic E-state index is -0.353. The van der Waals surface area contributed by atoms with Crippen LogP contribution in [0, 0.1) is 5.92 Å². The van der Waals surface area contributed by atoms with Crippen molar-refractivity contribution < 1.29 is 9.53 Å². The number of carbonyl (C=O) groups is 1. The van der Waals surface area contributed by atoms with Crippen LogP contribution in [0.25, 0.3) is 11.6 Å². The predicted octanol–water partition coefficient (Wildman–Crippen LogP) is 3.89. The van der Waals surface area contributed by atoms with Gasteiger partial charge in [-0.1, -0.05) is 23.7 Å². The van der Waals surface area contributed by atoms with E-state index in [9.17, 15) is 4.79 Å². The number of hydrogen-bond acceptors (Lipinski definition) is 4. The number of pyridine rings is 1. The molecule has 1 aromatic heterocycles. The Morgan fingerprint density at radius 3 is 2.85 bits per heavy atom. The van der Waals surface area contributed by atoms with Crippen LogP contribution in [0.2, 0.25) is 5.02 Å². The van der Waals surface area contributed by atoms with E-state index in [4.69, 9.17) is 21.3 Å². The number of carbonyl (C=O) groups excluding carboxylic acids is 1. The quantitative estimate of drug-likeness (QED) is 0.817. The van der Waals surface area contributed by atoms with Gasteiger partial charge in [-0.2, -0.15) is 0 Å². The van der Waals surface area contributed by atoms with Gasteiger partial charge in [0.2, 0.25) is 0 Å². The van der Waals surface area contributed by atoms with Crippen molar-refractivity contribution in [1.29, 1.82) is 0 Å². The minimum absolute atomic E-state index is 0.138. The minimum Gasteiger partial charge on any atom is -0.465 e. The monoisotopic (exact) mass is 368 g/mol. The summed E-state index contributed by atoms with van der Waals surface area (Å²) in [6.45, 7) is 2.01. The number of fused-ring (bicyclic) bond motifs is 2. The molecule has 1 aliphatic heterocycles. The van der Waals surface area contributed by atoms with E-state index in [2.05, 4.69) is 5.32 Å². The lowest BCUT2D eigenvalue weighted by Gasteiger charge is -2.32. The number of methoxy groups -OCH3 is 1. The third-order valence-electron chi connectivity index (χ3n) is 5.37. The van der Waals surface area contributed by atoms with Crippen LogP contribution in [-0.2, 0) is 9.53 Å². The van der Waals surface area contributed by atoms with E-state index in [1.54, 1.807) is 0 Å². The zero-order valence-electron chi connectivity index (χ0n) is 14.7. The Hall–Kier alpha value is -2.17. The van der Waals surface area contributed by atoms with Gasteiger partial charge in [0.1, 0.15) is 0 Å². The molecule has 4 nitrogen and oxygen atoms in total. The summed E-state index contributed by atoms with van der Waals surface area (Å²) in [6, 6.07) is 9.75. The van der Waals surface area contributed by atoms with Gasteiger partial charge < -0.3 is 10.1 Å². The van der Waals surface area contributed by atoms with Gasteiger partial charge in [0.15, 0.2) is 0 Å². The van der Waals surface area contributed by atoms with Gasteiger partial charge in [0.05, 0.1) is 18.4 Å². The number of piperidine rings is 1. The normalized spacial score (nSPS) is 19.8. The van der Waals surface area contributed by atoms with Crippen molar-refractivity contribution in [3.05, 3.63) is 63.9 Å². The fraction of sp³-hybridized carbons (Fsp3) is 0.333. The molecule has 2 aromatic rings. The highest BCUT2D eigenvalue weighted by Crippen LogP contribution is 2.44. The summed E-state index contributed by atoms with van der Waals surface area (Å²) in [5.74, 6) is 0.253. The topological polar surface area (TPSA) is 51.2 Å². The van der Waals surface area contributed by atoms with E-state index in [1.165, 1.54) is 7.11 Å². The number of esters is 1. The van der Waals surface area contributed by atoms with Crippen LogP contribution in [0.3, 0.4) is 0 Å². The zero-order valence-corrected chi connectivity index (χ0v) is 15.4. The molecule has 0 saturated carbocycles. The van der Waals surface area contributed by atoms with Crippen molar-refractivity contribution in [3.63, 3.8) is 0 Å². The van der Waals surface area contributed by atoms with E-state index in [1.807, 2.05) is 42.6 Å². The summed E-state index contributed by atoms with van der Waals surface area (Å²) in [6.07, 6.45) is 5.89. The van der Waals surface area contributed by atoms with Crippen LogP contribution < -0.4 is 5.32 Å². The maximum absolute atomic E-state index is 12.5. The number of nitrogens with one attached hydrogen (secondary N) is 1. The number of rotatable bonds is 2. The molecule has 26 heavy (non-hydrogen) atoms. The van der Waals surface area contributed by atoms with Gasteiger partial charge in [0.25, 0.3) is 0 Å². The average molecular weight is 369 g/mol. The number of halogens is 1. The molecule has 134 valence electrons. The fourth-order valence-corrected chi connectivity index (χ4v) is 4.33. The molecule has 0 amide bonds. The highest BCUT2D eigenvalue weighted by atomic mass is 35.5. The van der Waals surface area contributed by atoms with Crippen LogP contribution >= 0.6 is 11.6 Å². The molecule has 2 heterocycles. The number of ether oxygens (including phenoxy) is 1. The van der Waals surface area contributed by atoms with Crippen molar-refractivity contribution in [2.24, 2.45) is 5.92 Å². The van der Waals surface area contributed by atoms with Crippen LogP contribution in [0.5, 0.6) is 0 Å². The Labute approximate surface area is 158 Å². The molecule has 1 aromatic carbocycles. The SMILES string of the molecule is COC(=O)C1=Cc2cccnc2C(C2CCNCC2)c2ccc(Cl)cc21. The standard InChI is InChI=1S/C21H21ClN2O2/c1-26-21(25)18-11-14-3-2-8-24-20(14)19(13-6-9-23-10-7-13)16-5-4-15(22)12-17(16)18/h2-5,8,11-13,19,23H,6-7,9-10H2,1H3. The smallest absolute Gasteiger partial charge is 0.338 e. The van der Waals surface area contributed by atoms with Gasteiger partial charge in [-0.15, -0.1) is 0 Å². The number of nitrogens with zero attached hydrogens (tertiary/aromatic N) is 1. The largest absolute Gasteiger partial charge is 0.465 e. The summed E-state index contributed by atoms with van der Waals surface area (Å²) >= 11 is 6.28. The maximum atomic E-state index is 12.5. The van der Waals surface area contributed by atoms with E-state index < -0.39 is 0 Å². The summed E-state index contributed by atoms with van der Waals surface area (Å²) < 4.78 is 5.06. The Balaban J connectivity index is 1.96. The molecule has 0 radical (unpaired) electrons. The van der Waals surface area contributed by atoms with Gasteiger partial charge in [-0.3, -0.25) is 4.98 Å².